The lowest BCUT2D eigenvalue weighted by Crippen LogP contribution is -2.11. The lowest BCUT2D eigenvalue weighted by Gasteiger charge is -2.15. The van der Waals surface area contributed by atoms with Gasteiger partial charge < -0.3 is 9.67 Å². The minimum Gasteiger partial charge on any atom is -0.395 e. The number of aliphatic hydroxyl groups is 1. The number of aromatic nitrogens is 1. The van der Waals surface area contributed by atoms with Crippen LogP contribution in [0.1, 0.15) is 30.4 Å². The number of rotatable bonds is 2. The maximum atomic E-state index is 9.68. The average molecular weight is 306 g/mol. The topological polar surface area (TPSA) is 25.2 Å². The van der Waals surface area contributed by atoms with Crippen molar-refractivity contribution in [3.05, 3.63) is 33.9 Å². The zero-order valence-corrected chi connectivity index (χ0v) is 11.8. The lowest BCUT2D eigenvalue weighted by molar-refractivity contribution is 0.255. The van der Waals surface area contributed by atoms with Crippen molar-refractivity contribution in [1.29, 1.82) is 0 Å². The molecule has 1 aliphatic heterocycles. The SMILES string of the molecule is OCC1(c2cn3c4c(cc(Br)cc24)CCC3)CC1. The van der Waals surface area contributed by atoms with Gasteiger partial charge in [-0.3, -0.25) is 0 Å². The molecular formula is C15H16BrNO. The smallest absolute Gasteiger partial charge is 0.0528 e. The van der Waals surface area contributed by atoms with Gasteiger partial charge in [-0.1, -0.05) is 15.9 Å². The van der Waals surface area contributed by atoms with E-state index in [0.717, 1.165) is 19.4 Å². The van der Waals surface area contributed by atoms with Crippen LogP contribution in [-0.4, -0.2) is 16.3 Å². The highest BCUT2D eigenvalue weighted by Gasteiger charge is 2.45. The molecule has 0 radical (unpaired) electrons. The molecule has 2 heterocycles. The zero-order chi connectivity index (χ0) is 12.3. The van der Waals surface area contributed by atoms with Gasteiger partial charge in [0.2, 0.25) is 0 Å². The second-order valence-corrected chi connectivity index (χ2v) is 6.65. The normalized spacial score (nSPS) is 20.3. The molecule has 0 amide bonds. The number of aryl methyl sites for hydroxylation is 2. The highest BCUT2D eigenvalue weighted by atomic mass is 79.9. The monoisotopic (exact) mass is 305 g/mol. The Morgan fingerprint density at radius 1 is 1.33 bits per heavy atom. The molecule has 0 unspecified atom stereocenters. The predicted octanol–water partition coefficient (Wildman–Crippen LogP) is 3.37. The quantitative estimate of drug-likeness (QED) is 0.904. The second kappa shape index (κ2) is 3.61. The third-order valence-corrected chi connectivity index (χ3v) is 5.05. The molecule has 2 aromatic rings. The van der Waals surface area contributed by atoms with Crippen LogP contribution in [0.4, 0.5) is 0 Å². The van der Waals surface area contributed by atoms with Crippen molar-refractivity contribution in [3.8, 4) is 0 Å². The molecule has 1 fully saturated rings. The molecule has 0 saturated heterocycles. The van der Waals surface area contributed by atoms with Crippen LogP contribution in [-0.2, 0) is 18.4 Å². The second-order valence-electron chi connectivity index (χ2n) is 5.74. The van der Waals surface area contributed by atoms with Crippen LogP contribution < -0.4 is 0 Å². The van der Waals surface area contributed by atoms with Crippen molar-refractivity contribution in [1.82, 2.24) is 4.57 Å². The fourth-order valence-corrected chi connectivity index (χ4v) is 3.89. The molecule has 3 heteroatoms. The fraction of sp³-hybridized carbons (Fsp3) is 0.467. The third kappa shape index (κ3) is 1.38. The number of hydrogen-bond donors (Lipinski definition) is 1. The molecule has 1 aromatic carbocycles. The third-order valence-electron chi connectivity index (χ3n) is 4.59. The van der Waals surface area contributed by atoms with E-state index in [1.807, 2.05) is 0 Å². The highest BCUT2D eigenvalue weighted by molar-refractivity contribution is 9.10. The van der Waals surface area contributed by atoms with E-state index in [-0.39, 0.29) is 12.0 Å². The summed E-state index contributed by atoms with van der Waals surface area (Å²) in [6.07, 6.45) is 6.95. The lowest BCUT2D eigenvalue weighted by atomic mass is 9.95. The number of hydrogen-bond acceptors (Lipinski definition) is 1. The minimum atomic E-state index is 0.0614. The summed E-state index contributed by atoms with van der Waals surface area (Å²) in [4.78, 5) is 0. The zero-order valence-electron chi connectivity index (χ0n) is 10.2. The predicted molar refractivity (Wildman–Crippen MR) is 76.0 cm³/mol. The Morgan fingerprint density at radius 3 is 2.89 bits per heavy atom. The van der Waals surface area contributed by atoms with E-state index in [0.29, 0.717) is 0 Å². The minimum absolute atomic E-state index is 0.0614. The van der Waals surface area contributed by atoms with E-state index in [1.165, 1.54) is 39.3 Å². The van der Waals surface area contributed by atoms with E-state index in [1.54, 1.807) is 0 Å². The van der Waals surface area contributed by atoms with Gasteiger partial charge in [0, 0.05) is 28.0 Å². The first-order valence-electron chi connectivity index (χ1n) is 6.66. The van der Waals surface area contributed by atoms with Gasteiger partial charge >= 0.3 is 0 Å². The standard InChI is InChI=1S/C15H16BrNO/c16-11-6-10-2-1-5-17-8-13(12(7-11)14(10)17)15(9-18)3-4-15/h6-8,18H,1-5,9H2. The van der Waals surface area contributed by atoms with Crippen molar-refractivity contribution in [2.24, 2.45) is 0 Å². The summed E-state index contributed by atoms with van der Waals surface area (Å²) in [6.45, 7) is 1.40. The fourth-order valence-electron chi connectivity index (χ4n) is 3.38. The van der Waals surface area contributed by atoms with Crippen LogP contribution in [0, 0.1) is 0 Å². The Labute approximate surface area is 115 Å². The van der Waals surface area contributed by atoms with Crippen molar-refractivity contribution >= 4 is 26.8 Å². The summed E-state index contributed by atoms with van der Waals surface area (Å²) in [5.41, 5.74) is 4.28. The van der Waals surface area contributed by atoms with Crippen LogP contribution in [0.25, 0.3) is 10.9 Å². The van der Waals surface area contributed by atoms with Crippen LogP contribution in [0.5, 0.6) is 0 Å². The maximum Gasteiger partial charge on any atom is 0.0528 e. The van der Waals surface area contributed by atoms with Gasteiger partial charge in [0.1, 0.15) is 0 Å². The Bertz CT molecular complexity index is 639. The van der Waals surface area contributed by atoms with Crippen molar-refractivity contribution < 1.29 is 5.11 Å². The average Bonchev–Trinajstić information content (AvgIpc) is 3.08. The Morgan fingerprint density at radius 2 is 2.17 bits per heavy atom. The molecule has 2 nitrogen and oxygen atoms in total. The molecule has 94 valence electrons. The number of aliphatic hydroxyl groups excluding tert-OH is 1. The first-order valence-corrected chi connectivity index (χ1v) is 7.45. The summed E-state index contributed by atoms with van der Waals surface area (Å²) in [5.74, 6) is 0. The number of halogens is 1. The van der Waals surface area contributed by atoms with Gasteiger partial charge in [-0.25, -0.2) is 0 Å². The molecule has 1 N–H and O–H groups in total. The van der Waals surface area contributed by atoms with Crippen molar-refractivity contribution in [3.63, 3.8) is 0 Å². The molecule has 0 atom stereocenters. The summed E-state index contributed by atoms with van der Waals surface area (Å²) >= 11 is 3.63. The first-order chi connectivity index (χ1) is 8.73. The molecule has 1 saturated carbocycles. The summed E-state index contributed by atoms with van der Waals surface area (Å²) < 4.78 is 3.56. The molecule has 0 spiro atoms. The molecule has 1 aliphatic carbocycles. The van der Waals surface area contributed by atoms with E-state index in [4.69, 9.17) is 0 Å². The molecule has 18 heavy (non-hydrogen) atoms. The molecule has 4 rings (SSSR count). The Hall–Kier alpha value is -0.800. The Kier molecular flexibility index (Phi) is 2.22. The van der Waals surface area contributed by atoms with Gasteiger partial charge in [0.25, 0.3) is 0 Å². The molecule has 0 bridgehead atoms. The maximum absolute atomic E-state index is 9.68. The van der Waals surface area contributed by atoms with Crippen LogP contribution >= 0.6 is 15.9 Å². The van der Waals surface area contributed by atoms with E-state index >= 15 is 0 Å². The van der Waals surface area contributed by atoms with E-state index in [2.05, 4.69) is 38.8 Å². The molecule has 1 aromatic heterocycles. The van der Waals surface area contributed by atoms with Crippen LogP contribution in [0.15, 0.2) is 22.8 Å². The van der Waals surface area contributed by atoms with Crippen LogP contribution in [0.2, 0.25) is 0 Å². The van der Waals surface area contributed by atoms with Gasteiger partial charge in [-0.2, -0.15) is 0 Å². The molecule has 2 aliphatic rings. The summed E-state index contributed by atoms with van der Waals surface area (Å²) in [7, 11) is 0. The van der Waals surface area contributed by atoms with Crippen LogP contribution in [0.3, 0.4) is 0 Å². The largest absolute Gasteiger partial charge is 0.395 e. The molecular weight excluding hydrogens is 290 g/mol. The van der Waals surface area contributed by atoms with E-state index in [9.17, 15) is 5.11 Å². The van der Waals surface area contributed by atoms with Crippen molar-refractivity contribution in [2.45, 2.75) is 37.6 Å². The van der Waals surface area contributed by atoms with Gasteiger partial charge in [0.05, 0.1) is 12.1 Å². The number of benzene rings is 1. The van der Waals surface area contributed by atoms with Gasteiger partial charge in [-0.15, -0.1) is 0 Å². The first kappa shape index (κ1) is 11.1. The number of nitrogens with zero attached hydrogens (tertiary/aromatic N) is 1. The van der Waals surface area contributed by atoms with Crippen molar-refractivity contribution in [2.75, 3.05) is 6.61 Å². The van der Waals surface area contributed by atoms with Gasteiger partial charge in [0.15, 0.2) is 0 Å². The van der Waals surface area contributed by atoms with E-state index < -0.39 is 0 Å². The highest BCUT2D eigenvalue weighted by Crippen LogP contribution is 2.51. The summed E-state index contributed by atoms with van der Waals surface area (Å²) in [6, 6.07) is 4.48. The summed E-state index contributed by atoms with van der Waals surface area (Å²) in [5, 5.41) is 11.0. The van der Waals surface area contributed by atoms with Gasteiger partial charge in [-0.05, 0) is 48.9 Å². The Balaban J connectivity index is 2.06.